The van der Waals surface area contributed by atoms with Gasteiger partial charge in [0.05, 0.1) is 16.4 Å². The third-order valence-electron chi connectivity index (χ3n) is 8.30. The molecule has 158 valence electrons. The lowest BCUT2D eigenvalue weighted by molar-refractivity contribution is -0.201. The normalized spacial score (nSPS) is 37.6. The Hall–Kier alpha value is -1.44. The van der Waals surface area contributed by atoms with Crippen LogP contribution >= 0.6 is 0 Å². The van der Waals surface area contributed by atoms with Crippen LogP contribution in [0.1, 0.15) is 57.8 Å². The minimum Gasteiger partial charge on any atom is -0.426 e. The summed E-state index contributed by atoms with van der Waals surface area (Å²) in [5, 5.41) is 11.4. The molecule has 0 spiro atoms. The Kier molecular flexibility index (Phi) is 4.39. The van der Waals surface area contributed by atoms with Crippen molar-refractivity contribution in [1.29, 1.82) is 0 Å². The van der Waals surface area contributed by atoms with E-state index in [-0.39, 0.29) is 34.0 Å². The fourth-order valence-corrected chi connectivity index (χ4v) is 7.81. The number of carbonyl (C=O) groups is 1. The van der Waals surface area contributed by atoms with E-state index in [1.807, 2.05) is 0 Å². The van der Waals surface area contributed by atoms with Crippen molar-refractivity contribution in [2.24, 2.45) is 29.1 Å². The maximum atomic E-state index is 13.0. The van der Waals surface area contributed by atoms with E-state index < -0.39 is 15.7 Å². The summed E-state index contributed by atoms with van der Waals surface area (Å²) in [4.78, 5) is 12.8. The second-order valence-electron chi connectivity index (χ2n) is 9.88. The second-order valence-corrected chi connectivity index (χ2v) is 11.3. The molecule has 4 bridgehead atoms. The SMILES string of the molecule is O=C(Oc1ccc(S(=O)(=O)O)cc1)C1C2CC3CC1CC(C1(O)CCCC1)(C3)C2. The van der Waals surface area contributed by atoms with Crippen molar-refractivity contribution in [1.82, 2.24) is 0 Å². The minimum atomic E-state index is -4.27. The molecule has 2 N–H and O–H groups in total. The molecule has 2 atom stereocenters. The van der Waals surface area contributed by atoms with Gasteiger partial charge < -0.3 is 9.84 Å². The van der Waals surface area contributed by atoms with Gasteiger partial charge in [0.15, 0.2) is 0 Å². The predicted molar refractivity (Wildman–Crippen MR) is 105 cm³/mol. The molecule has 0 aliphatic heterocycles. The van der Waals surface area contributed by atoms with Crippen LogP contribution in [0, 0.1) is 29.1 Å². The highest BCUT2D eigenvalue weighted by atomic mass is 32.2. The lowest BCUT2D eigenvalue weighted by atomic mass is 9.42. The number of esters is 1. The lowest BCUT2D eigenvalue weighted by Crippen LogP contribution is -2.61. The van der Waals surface area contributed by atoms with Crippen LogP contribution in [0.4, 0.5) is 0 Å². The molecule has 7 heteroatoms. The monoisotopic (exact) mass is 420 g/mol. The first-order valence-corrected chi connectivity index (χ1v) is 12.1. The average molecular weight is 421 g/mol. The fraction of sp³-hybridized carbons (Fsp3) is 0.682. The van der Waals surface area contributed by atoms with Crippen LogP contribution in [0.2, 0.25) is 0 Å². The number of hydrogen-bond acceptors (Lipinski definition) is 5. The molecule has 29 heavy (non-hydrogen) atoms. The molecule has 5 aliphatic rings. The number of carbonyl (C=O) groups excluding carboxylic acids is 1. The molecule has 0 radical (unpaired) electrons. The summed E-state index contributed by atoms with van der Waals surface area (Å²) in [7, 11) is -4.27. The molecular formula is C22H28O6S. The Labute approximate surface area is 171 Å². The molecule has 6 rings (SSSR count). The third-order valence-corrected chi connectivity index (χ3v) is 9.17. The molecule has 5 fully saturated rings. The minimum absolute atomic E-state index is 0.0199. The van der Waals surface area contributed by atoms with Gasteiger partial charge in [-0.25, -0.2) is 0 Å². The molecule has 0 saturated heterocycles. The number of rotatable bonds is 4. The van der Waals surface area contributed by atoms with Crippen molar-refractivity contribution in [3.8, 4) is 5.75 Å². The molecule has 2 unspecified atom stereocenters. The van der Waals surface area contributed by atoms with Gasteiger partial charge >= 0.3 is 5.97 Å². The summed E-state index contributed by atoms with van der Waals surface area (Å²) in [6.07, 6.45) is 9.01. The molecule has 5 saturated carbocycles. The Morgan fingerprint density at radius 1 is 1.00 bits per heavy atom. The van der Waals surface area contributed by atoms with Crippen LogP contribution in [-0.2, 0) is 14.9 Å². The maximum Gasteiger partial charge on any atom is 0.314 e. The average Bonchev–Trinajstić information content (AvgIpc) is 3.09. The first kappa shape index (κ1) is 19.5. The summed E-state index contributed by atoms with van der Waals surface area (Å²) >= 11 is 0. The first-order chi connectivity index (χ1) is 13.7. The van der Waals surface area contributed by atoms with Crippen molar-refractivity contribution in [3.05, 3.63) is 24.3 Å². The summed E-state index contributed by atoms with van der Waals surface area (Å²) in [5.41, 5.74) is -0.572. The van der Waals surface area contributed by atoms with E-state index in [9.17, 15) is 18.3 Å². The maximum absolute atomic E-state index is 13.0. The number of benzene rings is 1. The van der Waals surface area contributed by atoms with E-state index in [4.69, 9.17) is 9.29 Å². The molecule has 1 aromatic carbocycles. The summed E-state index contributed by atoms with van der Waals surface area (Å²) in [6, 6.07) is 5.28. The summed E-state index contributed by atoms with van der Waals surface area (Å²) in [6.45, 7) is 0. The van der Waals surface area contributed by atoms with Crippen molar-refractivity contribution >= 4 is 16.1 Å². The third kappa shape index (κ3) is 3.13. The molecule has 6 nitrogen and oxygen atoms in total. The van der Waals surface area contributed by atoms with Crippen LogP contribution in [0.15, 0.2) is 29.2 Å². The van der Waals surface area contributed by atoms with Crippen molar-refractivity contribution in [2.75, 3.05) is 0 Å². The van der Waals surface area contributed by atoms with Crippen molar-refractivity contribution < 1.29 is 27.6 Å². The molecule has 5 aliphatic carbocycles. The van der Waals surface area contributed by atoms with E-state index in [0.29, 0.717) is 11.7 Å². The van der Waals surface area contributed by atoms with Crippen molar-refractivity contribution in [2.45, 2.75) is 68.3 Å². The summed E-state index contributed by atoms with van der Waals surface area (Å²) < 4.78 is 37.0. The van der Waals surface area contributed by atoms with E-state index in [1.165, 1.54) is 24.3 Å². The molecule has 0 amide bonds. The quantitative estimate of drug-likeness (QED) is 0.439. The number of hydrogen-bond donors (Lipinski definition) is 2. The molecule has 1 aromatic rings. The Morgan fingerprint density at radius 3 is 2.14 bits per heavy atom. The largest absolute Gasteiger partial charge is 0.426 e. The van der Waals surface area contributed by atoms with Gasteiger partial charge in [-0.1, -0.05) is 12.8 Å². The van der Waals surface area contributed by atoms with Gasteiger partial charge in [0.2, 0.25) is 0 Å². The Balaban J connectivity index is 1.34. The highest BCUT2D eigenvalue weighted by molar-refractivity contribution is 7.85. The Bertz CT molecular complexity index is 899. The van der Waals surface area contributed by atoms with Gasteiger partial charge in [-0.3, -0.25) is 9.35 Å². The highest BCUT2D eigenvalue weighted by Gasteiger charge is 2.64. The van der Waals surface area contributed by atoms with Gasteiger partial charge in [-0.05, 0) is 92.4 Å². The zero-order valence-corrected chi connectivity index (χ0v) is 17.2. The van der Waals surface area contributed by atoms with Crippen LogP contribution < -0.4 is 4.74 Å². The van der Waals surface area contributed by atoms with E-state index in [1.54, 1.807) is 0 Å². The fourth-order valence-electron chi connectivity index (χ4n) is 7.33. The smallest absolute Gasteiger partial charge is 0.314 e. The zero-order valence-electron chi connectivity index (χ0n) is 16.4. The van der Waals surface area contributed by atoms with Gasteiger partial charge in [-0.15, -0.1) is 0 Å². The summed E-state index contributed by atoms with van der Waals surface area (Å²) in [5.74, 6) is 1.03. The number of ether oxygens (including phenoxy) is 1. The van der Waals surface area contributed by atoms with Gasteiger partial charge in [0.25, 0.3) is 10.1 Å². The van der Waals surface area contributed by atoms with Crippen molar-refractivity contribution in [3.63, 3.8) is 0 Å². The zero-order chi connectivity index (χ0) is 20.4. The highest BCUT2D eigenvalue weighted by Crippen LogP contribution is 2.67. The standard InChI is InChI=1S/C22H28O6S/c23-20(28-17-3-5-18(6-4-17)29(25,26)27)19-15-9-14-10-16(19)13-21(11-14,12-15)22(24)7-1-2-8-22/h3-6,14-16,19,24H,1-2,7-13H2,(H,25,26,27). The lowest BCUT2D eigenvalue weighted by Gasteiger charge is -2.63. The molecule has 0 heterocycles. The Morgan fingerprint density at radius 2 is 1.59 bits per heavy atom. The van der Waals surface area contributed by atoms with Crippen LogP contribution in [0.5, 0.6) is 5.75 Å². The molecule has 0 aromatic heterocycles. The van der Waals surface area contributed by atoms with E-state index >= 15 is 0 Å². The van der Waals surface area contributed by atoms with Crippen LogP contribution in [0.25, 0.3) is 0 Å². The van der Waals surface area contributed by atoms with E-state index in [2.05, 4.69) is 0 Å². The van der Waals surface area contributed by atoms with Gasteiger partial charge in [0, 0.05) is 0 Å². The topological polar surface area (TPSA) is 101 Å². The van der Waals surface area contributed by atoms with Gasteiger partial charge in [-0.2, -0.15) is 8.42 Å². The molecular weight excluding hydrogens is 392 g/mol. The van der Waals surface area contributed by atoms with Crippen LogP contribution in [0.3, 0.4) is 0 Å². The second kappa shape index (κ2) is 6.53. The van der Waals surface area contributed by atoms with Gasteiger partial charge in [0.1, 0.15) is 5.75 Å². The number of aliphatic hydroxyl groups is 1. The van der Waals surface area contributed by atoms with E-state index in [0.717, 1.165) is 57.8 Å². The predicted octanol–water partition coefficient (Wildman–Crippen LogP) is 3.59. The first-order valence-electron chi connectivity index (χ1n) is 10.7. The van der Waals surface area contributed by atoms with Crippen LogP contribution in [-0.4, -0.2) is 29.6 Å².